The van der Waals surface area contributed by atoms with Gasteiger partial charge in [-0.3, -0.25) is 0 Å². The molecule has 2 amide bonds. The number of carbonyl (C=O) groups excluding carboxylic acids is 1. The first-order valence-corrected chi connectivity index (χ1v) is 6.89. The number of benzene rings is 1. The maximum atomic E-state index is 12.6. The number of urea groups is 1. The van der Waals surface area contributed by atoms with Crippen molar-refractivity contribution in [1.82, 2.24) is 10.6 Å². The molecule has 1 aliphatic rings. The monoisotopic (exact) mass is 357 g/mol. The summed E-state index contributed by atoms with van der Waals surface area (Å²) in [6.07, 6.45) is -2.71. The highest BCUT2D eigenvalue weighted by Gasteiger charge is 2.31. The van der Waals surface area contributed by atoms with Crippen LogP contribution in [-0.4, -0.2) is 25.2 Å². The maximum Gasteiger partial charge on any atom is 0.416 e. The van der Waals surface area contributed by atoms with Crippen LogP contribution in [0.25, 0.3) is 0 Å². The minimum absolute atomic E-state index is 0. The Balaban J connectivity index is 0.00000242. The Bertz CT molecular complexity index is 520. The van der Waals surface area contributed by atoms with E-state index in [0.717, 1.165) is 37.6 Å². The Morgan fingerprint density at radius 2 is 2.09 bits per heavy atom. The first kappa shape index (κ1) is 18.9. The molecule has 2 rings (SSSR count). The first-order valence-electron chi connectivity index (χ1n) is 6.51. The van der Waals surface area contributed by atoms with Gasteiger partial charge in [0.05, 0.1) is 16.3 Å². The topological polar surface area (TPSA) is 53.2 Å². The van der Waals surface area contributed by atoms with Crippen LogP contribution in [0.1, 0.15) is 18.4 Å². The summed E-state index contributed by atoms with van der Waals surface area (Å²) in [6, 6.07) is 2.20. The lowest BCUT2D eigenvalue weighted by Crippen LogP contribution is -2.47. The molecular formula is C13H16Cl2F3N3O. The van der Waals surface area contributed by atoms with Crippen LogP contribution in [0.5, 0.6) is 0 Å². The molecule has 0 bridgehead atoms. The number of halogens is 5. The predicted octanol–water partition coefficient (Wildman–Crippen LogP) is 3.65. The zero-order valence-corrected chi connectivity index (χ0v) is 13.0. The number of hydrogen-bond donors (Lipinski definition) is 3. The van der Waals surface area contributed by atoms with Crippen LogP contribution in [-0.2, 0) is 6.18 Å². The van der Waals surface area contributed by atoms with E-state index >= 15 is 0 Å². The molecule has 1 atom stereocenters. The van der Waals surface area contributed by atoms with Crippen LogP contribution in [0, 0.1) is 0 Å². The average molecular weight is 358 g/mol. The molecule has 0 radical (unpaired) electrons. The summed E-state index contributed by atoms with van der Waals surface area (Å²) >= 11 is 5.81. The standard InChI is InChI=1S/C13H15ClF3N3O.ClH/c14-10-4-3-8(13(15,16)17)6-11(10)20-12(21)19-9-2-1-5-18-7-9;/h3-4,6,9,18H,1-2,5,7H2,(H2,19,20,21);1H. The zero-order chi connectivity index (χ0) is 15.5. The smallest absolute Gasteiger partial charge is 0.334 e. The molecule has 0 aliphatic carbocycles. The molecule has 1 aromatic carbocycles. The van der Waals surface area contributed by atoms with Gasteiger partial charge in [-0.15, -0.1) is 12.4 Å². The molecule has 1 aromatic rings. The minimum Gasteiger partial charge on any atom is -0.334 e. The van der Waals surface area contributed by atoms with Gasteiger partial charge in [-0.05, 0) is 37.6 Å². The number of amides is 2. The fourth-order valence-electron chi connectivity index (χ4n) is 2.12. The minimum atomic E-state index is -4.48. The fourth-order valence-corrected chi connectivity index (χ4v) is 2.28. The highest BCUT2D eigenvalue weighted by Crippen LogP contribution is 2.33. The molecule has 124 valence electrons. The number of piperidine rings is 1. The Labute approximate surface area is 137 Å². The second kappa shape index (κ2) is 7.89. The lowest BCUT2D eigenvalue weighted by atomic mass is 10.1. The van der Waals surface area contributed by atoms with Crippen molar-refractivity contribution in [2.45, 2.75) is 25.1 Å². The number of alkyl halides is 3. The van der Waals surface area contributed by atoms with E-state index in [0.29, 0.717) is 6.54 Å². The van der Waals surface area contributed by atoms with Gasteiger partial charge in [-0.25, -0.2) is 4.79 Å². The lowest BCUT2D eigenvalue weighted by Gasteiger charge is -2.24. The summed E-state index contributed by atoms with van der Waals surface area (Å²) in [5.41, 5.74) is -0.922. The van der Waals surface area contributed by atoms with E-state index in [1.54, 1.807) is 0 Å². The highest BCUT2D eigenvalue weighted by molar-refractivity contribution is 6.33. The van der Waals surface area contributed by atoms with E-state index in [-0.39, 0.29) is 29.2 Å². The van der Waals surface area contributed by atoms with Crippen molar-refractivity contribution >= 4 is 35.7 Å². The first-order chi connectivity index (χ1) is 9.86. The van der Waals surface area contributed by atoms with E-state index in [2.05, 4.69) is 16.0 Å². The van der Waals surface area contributed by atoms with Gasteiger partial charge in [0, 0.05) is 12.6 Å². The number of anilines is 1. The molecular weight excluding hydrogens is 342 g/mol. The van der Waals surface area contributed by atoms with Gasteiger partial charge in [-0.1, -0.05) is 11.6 Å². The number of hydrogen-bond acceptors (Lipinski definition) is 2. The van der Waals surface area contributed by atoms with Gasteiger partial charge < -0.3 is 16.0 Å². The SMILES string of the molecule is Cl.O=C(Nc1cc(C(F)(F)F)ccc1Cl)NC1CCCNC1. The Morgan fingerprint density at radius 3 is 2.68 bits per heavy atom. The van der Waals surface area contributed by atoms with Gasteiger partial charge in [0.2, 0.25) is 0 Å². The van der Waals surface area contributed by atoms with E-state index < -0.39 is 17.8 Å². The quantitative estimate of drug-likeness (QED) is 0.756. The summed E-state index contributed by atoms with van der Waals surface area (Å²) in [7, 11) is 0. The van der Waals surface area contributed by atoms with Crippen LogP contribution in [0.4, 0.5) is 23.7 Å². The summed E-state index contributed by atoms with van der Waals surface area (Å²) in [5.74, 6) is 0. The Morgan fingerprint density at radius 1 is 1.36 bits per heavy atom. The molecule has 1 unspecified atom stereocenters. The number of nitrogens with one attached hydrogen (secondary N) is 3. The molecule has 4 nitrogen and oxygen atoms in total. The van der Waals surface area contributed by atoms with Gasteiger partial charge in [-0.2, -0.15) is 13.2 Å². The highest BCUT2D eigenvalue weighted by atomic mass is 35.5. The normalized spacial score (nSPS) is 18.3. The largest absolute Gasteiger partial charge is 0.416 e. The lowest BCUT2D eigenvalue weighted by molar-refractivity contribution is -0.137. The molecule has 0 spiro atoms. The van der Waals surface area contributed by atoms with Gasteiger partial charge in [0.1, 0.15) is 0 Å². The molecule has 1 heterocycles. The van der Waals surface area contributed by atoms with Crippen molar-refractivity contribution in [3.8, 4) is 0 Å². The van der Waals surface area contributed by atoms with Crippen molar-refractivity contribution in [2.75, 3.05) is 18.4 Å². The molecule has 3 N–H and O–H groups in total. The average Bonchev–Trinajstić information content (AvgIpc) is 2.41. The summed E-state index contributed by atoms with van der Waals surface area (Å²) in [5, 5.41) is 8.24. The van der Waals surface area contributed by atoms with Crippen LogP contribution in [0.2, 0.25) is 5.02 Å². The number of rotatable bonds is 2. The molecule has 1 aliphatic heterocycles. The predicted molar refractivity (Wildman–Crippen MR) is 81.7 cm³/mol. The molecule has 1 saturated heterocycles. The third-order valence-electron chi connectivity index (χ3n) is 3.17. The Hall–Kier alpha value is -1.18. The van der Waals surface area contributed by atoms with Crippen molar-refractivity contribution in [2.24, 2.45) is 0 Å². The van der Waals surface area contributed by atoms with Crippen LogP contribution >= 0.6 is 24.0 Å². The zero-order valence-electron chi connectivity index (χ0n) is 11.5. The third kappa shape index (κ3) is 5.23. The van der Waals surface area contributed by atoms with Crippen molar-refractivity contribution in [1.29, 1.82) is 0 Å². The van der Waals surface area contributed by atoms with Crippen LogP contribution in [0.3, 0.4) is 0 Å². The summed E-state index contributed by atoms with van der Waals surface area (Å²) in [4.78, 5) is 11.8. The fraction of sp³-hybridized carbons (Fsp3) is 0.462. The van der Waals surface area contributed by atoms with E-state index in [4.69, 9.17) is 11.6 Å². The molecule has 0 aromatic heterocycles. The summed E-state index contributed by atoms with van der Waals surface area (Å²) in [6.45, 7) is 1.54. The molecule has 22 heavy (non-hydrogen) atoms. The molecule has 1 fully saturated rings. The van der Waals surface area contributed by atoms with Gasteiger partial charge in [0.15, 0.2) is 0 Å². The third-order valence-corrected chi connectivity index (χ3v) is 3.50. The molecule has 9 heteroatoms. The van der Waals surface area contributed by atoms with E-state index in [1.165, 1.54) is 0 Å². The molecule has 0 saturated carbocycles. The van der Waals surface area contributed by atoms with Crippen molar-refractivity contribution in [3.05, 3.63) is 28.8 Å². The maximum absolute atomic E-state index is 12.6. The van der Waals surface area contributed by atoms with Crippen LogP contribution < -0.4 is 16.0 Å². The second-order valence-corrected chi connectivity index (χ2v) is 5.24. The van der Waals surface area contributed by atoms with E-state index in [1.807, 2.05) is 0 Å². The van der Waals surface area contributed by atoms with Crippen molar-refractivity contribution < 1.29 is 18.0 Å². The van der Waals surface area contributed by atoms with Gasteiger partial charge in [0.25, 0.3) is 0 Å². The Kier molecular flexibility index (Phi) is 6.77. The van der Waals surface area contributed by atoms with Crippen LogP contribution in [0.15, 0.2) is 18.2 Å². The number of carbonyl (C=O) groups is 1. The van der Waals surface area contributed by atoms with Crippen molar-refractivity contribution in [3.63, 3.8) is 0 Å². The van der Waals surface area contributed by atoms with E-state index in [9.17, 15) is 18.0 Å². The van der Waals surface area contributed by atoms with Gasteiger partial charge >= 0.3 is 12.2 Å². The summed E-state index contributed by atoms with van der Waals surface area (Å²) < 4.78 is 37.9. The second-order valence-electron chi connectivity index (χ2n) is 4.83.